The van der Waals surface area contributed by atoms with Crippen molar-refractivity contribution in [2.75, 3.05) is 19.6 Å². The number of hydrogen-bond donors (Lipinski definition) is 2. The molecule has 3 amide bonds. The number of carbonyl (C=O) groups excluding carboxylic acids is 5. The number of para-hydroxylation sites is 1. The van der Waals surface area contributed by atoms with Crippen LogP contribution in [0.25, 0.3) is 10.9 Å². The molecule has 13 heteroatoms. The van der Waals surface area contributed by atoms with Crippen molar-refractivity contribution in [1.29, 1.82) is 0 Å². The van der Waals surface area contributed by atoms with Crippen molar-refractivity contribution >= 4 is 50.4 Å². The van der Waals surface area contributed by atoms with Crippen LogP contribution in [0.3, 0.4) is 0 Å². The Balaban J connectivity index is 1.07. The zero-order valence-electron chi connectivity index (χ0n) is 36.8. The van der Waals surface area contributed by atoms with Crippen LogP contribution >= 0.6 is 0 Å². The topological polar surface area (TPSA) is 163 Å². The smallest absolute Gasteiger partial charge is 0.303 e. The van der Waals surface area contributed by atoms with Crippen molar-refractivity contribution < 1.29 is 32.4 Å². The van der Waals surface area contributed by atoms with Crippen molar-refractivity contribution in [2.45, 2.75) is 137 Å². The summed E-state index contributed by atoms with van der Waals surface area (Å²) in [5.74, 6) is -2.98. The van der Waals surface area contributed by atoms with Gasteiger partial charge in [-0.2, -0.15) is 12.7 Å². The molecule has 2 saturated heterocycles. The molecule has 12 nitrogen and oxygen atoms in total. The van der Waals surface area contributed by atoms with E-state index in [1.807, 2.05) is 45.0 Å². The Labute approximate surface area is 361 Å². The largest absolute Gasteiger partial charge is 0.342 e. The summed E-state index contributed by atoms with van der Waals surface area (Å²) in [6.45, 7) is 15.3. The SMILES string of the molecule is C=C[C@@H]1C[C@]1(CC(=O)[C@@H]1C[C@@]2(CN1C(=O)[C@@H](CC(=O)[C@@H](NC(=O)c1ccnc3ccccc13)C1CCCCC1)C(C)(C)C)C(C)(C)C21CCC1)C(=O)NS(=O)(=O)N1CCCC1. The lowest BCUT2D eigenvalue weighted by molar-refractivity contribution is -0.146. The summed E-state index contributed by atoms with van der Waals surface area (Å²) in [6.07, 6.45) is 12.9. The average molecular weight is 856 g/mol. The van der Waals surface area contributed by atoms with E-state index in [9.17, 15) is 27.6 Å². The molecule has 0 unspecified atom stereocenters. The summed E-state index contributed by atoms with van der Waals surface area (Å²) in [5.41, 5.74) is -1.22. The average Bonchev–Trinajstić information content (AvgIpc) is 3.67. The second-order valence-corrected chi connectivity index (χ2v) is 22.7. The molecule has 2 aliphatic heterocycles. The second kappa shape index (κ2) is 15.7. The van der Waals surface area contributed by atoms with Gasteiger partial charge >= 0.3 is 10.2 Å². The molecule has 1 aromatic heterocycles. The first-order valence-electron chi connectivity index (χ1n) is 22.8. The number of pyridine rings is 1. The normalized spacial score (nSPS) is 29.2. The maximum atomic E-state index is 15.4. The lowest BCUT2D eigenvalue weighted by Gasteiger charge is -2.37. The number of likely N-dealkylation sites (tertiary alicyclic amines) is 1. The predicted octanol–water partition coefficient (Wildman–Crippen LogP) is 6.94. The van der Waals surface area contributed by atoms with Crippen LogP contribution in [0.1, 0.15) is 135 Å². The molecule has 6 fully saturated rings. The van der Waals surface area contributed by atoms with Crippen LogP contribution in [-0.2, 0) is 29.4 Å². The van der Waals surface area contributed by atoms with E-state index >= 15 is 4.79 Å². The molecule has 4 saturated carbocycles. The van der Waals surface area contributed by atoms with E-state index in [2.05, 4.69) is 35.4 Å². The first-order valence-corrected chi connectivity index (χ1v) is 24.2. The molecule has 2 N–H and O–H groups in total. The van der Waals surface area contributed by atoms with Gasteiger partial charge < -0.3 is 10.2 Å². The van der Waals surface area contributed by atoms with E-state index in [0.717, 1.165) is 64.2 Å². The third kappa shape index (κ3) is 7.27. The fourth-order valence-corrected chi connectivity index (χ4v) is 14.0. The van der Waals surface area contributed by atoms with Gasteiger partial charge in [0.15, 0.2) is 11.6 Å². The van der Waals surface area contributed by atoms with Crippen LogP contribution in [-0.4, -0.2) is 83.6 Å². The third-order valence-corrected chi connectivity index (χ3v) is 18.3. The fraction of sp³-hybridized carbons (Fsp3) is 0.667. The maximum Gasteiger partial charge on any atom is 0.303 e. The van der Waals surface area contributed by atoms with Gasteiger partial charge in [-0.15, -0.1) is 6.58 Å². The van der Waals surface area contributed by atoms with Crippen LogP contribution in [0.4, 0.5) is 0 Å². The predicted molar refractivity (Wildman–Crippen MR) is 233 cm³/mol. The summed E-state index contributed by atoms with van der Waals surface area (Å²) in [5, 5.41) is 3.84. The first-order chi connectivity index (χ1) is 28.8. The molecule has 1 aromatic carbocycles. The molecule has 6 atom stereocenters. The van der Waals surface area contributed by atoms with Gasteiger partial charge in [0.05, 0.1) is 28.6 Å². The van der Waals surface area contributed by atoms with E-state index < -0.39 is 44.9 Å². The van der Waals surface area contributed by atoms with Crippen molar-refractivity contribution in [1.82, 2.24) is 24.2 Å². The molecule has 0 radical (unpaired) electrons. The molecule has 61 heavy (non-hydrogen) atoms. The van der Waals surface area contributed by atoms with Crippen LogP contribution in [0.15, 0.2) is 49.2 Å². The number of allylic oxidation sites excluding steroid dienone is 1. The zero-order valence-corrected chi connectivity index (χ0v) is 37.6. The molecule has 2 spiro atoms. The van der Waals surface area contributed by atoms with Crippen LogP contribution < -0.4 is 10.0 Å². The van der Waals surface area contributed by atoms with Gasteiger partial charge in [-0.3, -0.25) is 29.0 Å². The molecule has 4 aliphatic carbocycles. The van der Waals surface area contributed by atoms with Gasteiger partial charge in [0.1, 0.15) is 0 Å². The number of hydrogen-bond acceptors (Lipinski definition) is 8. The minimum atomic E-state index is -4.07. The minimum absolute atomic E-state index is 0.0101. The molecule has 2 aromatic rings. The summed E-state index contributed by atoms with van der Waals surface area (Å²) in [6, 6.07) is 7.49. The van der Waals surface area contributed by atoms with E-state index in [0.29, 0.717) is 48.9 Å². The Bertz CT molecular complexity index is 2230. The van der Waals surface area contributed by atoms with Crippen LogP contribution in [0.5, 0.6) is 0 Å². The third-order valence-electron chi connectivity index (χ3n) is 16.9. The highest BCUT2D eigenvalue weighted by Crippen LogP contribution is 2.88. The van der Waals surface area contributed by atoms with E-state index in [-0.39, 0.29) is 64.3 Å². The number of nitrogens with zero attached hydrogens (tertiary/aromatic N) is 3. The van der Waals surface area contributed by atoms with Gasteiger partial charge in [-0.05, 0) is 91.6 Å². The monoisotopic (exact) mass is 855 g/mol. The van der Waals surface area contributed by atoms with Crippen molar-refractivity contribution in [3.63, 3.8) is 0 Å². The highest BCUT2D eigenvalue weighted by atomic mass is 32.2. The van der Waals surface area contributed by atoms with Gasteiger partial charge in [0, 0.05) is 55.4 Å². The Morgan fingerprint density at radius 1 is 0.934 bits per heavy atom. The summed E-state index contributed by atoms with van der Waals surface area (Å²) in [7, 11) is -4.07. The van der Waals surface area contributed by atoms with Crippen molar-refractivity contribution in [3.8, 4) is 0 Å². The van der Waals surface area contributed by atoms with Gasteiger partial charge in [0.25, 0.3) is 5.91 Å². The van der Waals surface area contributed by atoms with E-state index in [1.54, 1.807) is 23.2 Å². The van der Waals surface area contributed by atoms with Gasteiger partial charge in [0.2, 0.25) is 11.8 Å². The lowest BCUT2D eigenvalue weighted by atomic mass is 9.73. The fourth-order valence-electron chi connectivity index (χ4n) is 12.7. The molecular weight excluding hydrogens is 791 g/mol. The number of ketones is 2. The Morgan fingerprint density at radius 3 is 2.23 bits per heavy atom. The molecular formula is C48H65N5O7S. The highest BCUT2D eigenvalue weighted by molar-refractivity contribution is 7.87. The Kier molecular flexibility index (Phi) is 11.2. The van der Waals surface area contributed by atoms with Crippen molar-refractivity contribution in [3.05, 3.63) is 54.7 Å². The summed E-state index contributed by atoms with van der Waals surface area (Å²) < 4.78 is 30.1. The van der Waals surface area contributed by atoms with E-state index in [4.69, 9.17) is 0 Å². The Hall–Kier alpha value is -3.97. The number of Topliss-reactive ketones (excluding diaryl/α,β-unsaturated/α-hetero) is 2. The standard InChI is InChI=1S/C48H65N5O7S/c1-7-32-27-46(32,43(58)51-61(59,60)52-24-13-14-25-52)29-39(55)37-28-48(45(5,6)47(48)21-15-22-47)30-53(37)42(57)35(44(2,3)4)26-38(54)40(31-16-9-8-10-17-31)50-41(56)34-20-23-49-36-19-12-11-18-33(34)36/h7,11-12,18-20,23,31-32,35,37,40H,1,8-10,13-17,21-22,24-30H2,2-6H3,(H,50,56)(H,51,58)/t32-,35-,37+,40+,46-,48-/m1/s1. The highest BCUT2D eigenvalue weighted by Gasteiger charge is 2.85. The summed E-state index contributed by atoms with van der Waals surface area (Å²) in [4.78, 5) is 79.3. The number of amides is 3. The molecule has 6 aliphatic rings. The maximum absolute atomic E-state index is 15.4. The first kappa shape index (κ1) is 43.7. The molecule has 0 bridgehead atoms. The van der Waals surface area contributed by atoms with Crippen LogP contribution in [0.2, 0.25) is 0 Å². The number of benzene rings is 1. The Morgan fingerprint density at radius 2 is 1.62 bits per heavy atom. The number of nitrogens with one attached hydrogen (secondary N) is 2. The number of carbonyl (C=O) groups is 5. The zero-order chi connectivity index (χ0) is 43.8. The van der Waals surface area contributed by atoms with Crippen LogP contribution in [0, 0.1) is 44.8 Å². The molecule has 3 heterocycles. The van der Waals surface area contributed by atoms with Crippen molar-refractivity contribution in [2.24, 2.45) is 44.8 Å². The van der Waals surface area contributed by atoms with Gasteiger partial charge in [-0.25, -0.2) is 4.72 Å². The van der Waals surface area contributed by atoms with E-state index in [1.165, 1.54) is 4.31 Å². The lowest BCUT2D eigenvalue weighted by Crippen LogP contribution is -2.51. The minimum Gasteiger partial charge on any atom is -0.342 e. The molecule has 8 rings (SSSR count). The number of rotatable bonds is 14. The quantitative estimate of drug-likeness (QED) is 0.193. The number of fused-ring (bicyclic) bond motifs is 2. The second-order valence-electron chi connectivity index (χ2n) is 21.0. The number of aromatic nitrogens is 1. The van der Waals surface area contributed by atoms with Gasteiger partial charge in [-0.1, -0.05) is 84.6 Å². The molecule has 330 valence electrons. The summed E-state index contributed by atoms with van der Waals surface area (Å²) >= 11 is 0.